The summed E-state index contributed by atoms with van der Waals surface area (Å²) in [5, 5.41) is 11.2. The lowest BCUT2D eigenvalue weighted by atomic mass is 9.97. The number of methoxy groups -OCH3 is 1. The molecule has 0 aliphatic carbocycles. The van der Waals surface area contributed by atoms with Crippen LogP contribution in [0, 0.1) is 5.92 Å². The summed E-state index contributed by atoms with van der Waals surface area (Å²) in [6.07, 6.45) is 1.66. The van der Waals surface area contributed by atoms with Gasteiger partial charge in [0.2, 0.25) is 5.91 Å². The molecule has 1 aliphatic heterocycles. The fourth-order valence-corrected chi connectivity index (χ4v) is 3.28. The zero-order valence-corrected chi connectivity index (χ0v) is 13.7. The third-order valence-corrected chi connectivity index (χ3v) is 4.64. The first-order chi connectivity index (χ1) is 11.6. The second-order valence-corrected chi connectivity index (χ2v) is 6.20. The highest BCUT2D eigenvalue weighted by molar-refractivity contribution is 5.91. The van der Waals surface area contributed by atoms with Gasteiger partial charge in [-0.05, 0) is 41.3 Å². The first-order valence-corrected chi connectivity index (χ1v) is 8.14. The number of aliphatic carboxylic acids is 1. The van der Waals surface area contributed by atoms with Gasteiger partial charge in [0.05, 0.1) is 19.4 Å². The predicted octanol–water partition coefficient (Wildman–Crippen LogP) is 2.71. The highest BCUT2D eigenvalue weighted by atomic mass is 16.5. The third-order valence-electron chi connectivity index (χ3n) is 4.64. The van der Waals surface area contributed by atoms with Gasteiger partial charge in [-0.15, -0.1) is 0 Å². The molecule has 1 atom stereocenters. The van der Waals surface area contributed by atoms with Crippen LogP contribution >= 0.6 is 0 Å². The topological polar surface area (TPSA) is 66.8 Å². The molecule has 1 saturated heterocycles. The summed E-state index contributed by atoms with van der Waals surface area (Å²) in [7, 11) is 1.62. The number of carboxylic acids is 1. The molecule has 5 heteroatoms. The molecule has 24 heavy (non-hydrogen) atoms. The zero-order chi connectivity index (χ0) is 17.1. The van der Waals surface area contributed by atoms with Crippen molar-refractivity contribution in [2.24, 2.45) is 5.92 Å². The molecule has 2 aromatic rings. The van der Waals surface area contributed by atoms with Crippen LogP contribution in [0.1, 0.15) is 18.4 Å². The van der Waals surface area contributed by atoms with E-state index in [0.717, 1.165) is 28.5 Å². The average molecular weight is 327 g/mol. The van der Waals surface area contributed by atoms with E-state index in [4.69, 9.17) is 4.74 Å². The SMILES string of the molecule is COc1ccc2cccc(CC(=O)N3CCCC(C(=O)O)C3)c2c1. The summed E-state index contributed by atoms with van der Waals surface area (Å²) >= 11 is 0. The number of likely N-dealkylation sites (tertiary alicyclic amines) is 1. The average Bonchev–Trinajstić information content (AvgIpc) is 2.61. The lowest BCUT2D eigenvalue weighted by Gasteiger charge is -2.31. The summed E-state index contributed by atoms with van der Waals surface area (Å²) < 4.78 is 5.28. The van der Waals surface area contributed by atoms with Crippen molar-refractivity contribution < 1.29 is 19.4 Å². The zero-order valence-electron chi connectivity index (χ0n) is 13.7. The molecular formula is C19H21NO4. The predicted molar refractivity (Wildman–Crippen MR) is 91.1 cm³/mol. The van der Waals surface area contributed by atoms with E-state index in [0.29, 0.717) is 19.5 Å². The first-order valence-electron chi connectivity index (χ1n) is 8.14. The molecule has 1 heterocycles. The molecule has 1 N–H and O–H groups in total. The largest absolute Gasteiger partial charge is 0.497 e. The van der Waals surface area contributed by atoms with Crippen molar-refractivity contribution in [3.05, 3.63) is 42.0 Å². The van der Waals surface area contributed by atoms with Gasteiger partial charge in [-0.3, -0.25) is 9.59 Å². The van der Waals surface area contributed by atoms with E-state index in [-0.39, 0.29) is 12.3 Å². The van der Waals surface area contributed by atoms with Gasteiger partial charge in [0.25, 0.3) is 0 Å². The number of nitrogens with zero attached hydrogens (tertiary/aromatic N) is 1. The van der Waals surface area contributed by atoms with E-state index < -0.39 is 11.9 Å². The molecule has 0 aromatic heterocycles. The van der Waals surface area contributed by atoms with Gasteiger partial charge in [-0.2, -0.15) is 0 Å². The second kappa shape index (κ2) is 6.91. The van der Waals surface area contributed by atoms with E-state index in [2.05, 4.69) is 0 Å². The number of ether oxygens (including phenoxy) is 1. The van der Waals surface area contributed by atoms with Crippen molar-refractivity contribution in [1.29, 1.82) is 0 Å². The number of carbonyl (C=O) groups excluding carboxylic acids is 1. The van der Waals surface area contributed by atoms with Gasteiger partial charge >= 0.3 is 5.97 Å². The van der Waals surface area contributed by atoms with Crippen molar-refractivity contribution >= 4 is 22.6 Å². The van der Waals surface area contributed by atoms with Gasteiger partial charge in [0.15, 0.2) is 0 Å². The molecule has 0 saturated carbocycles. The summed E-state index contributed by atoms with van der Waals surface area (Å²) in [6.45, 7) is 0.943. The Labute approximate surface area is 140 Å². The molecule has 1 fully saturated rings. The molecule has 126 valence electrons. The Morgan fingerprint density at radius 1 is 1.29 bits per heavy atom. The number of fused-ring (bicyclic) bond motifs is 1. The van der Waals surface area contributed by atoms with Gasteiger partial charge < -0.3 is 14.7 Å². The highest BCUT2D eigenvalue weighted by Crippen LogP contribution is 2.25. The molecule has 0 bridgehead atoms. The third kappa shape index (κ3) is 3.35. The van der Waals surface area contributed by atoms with Crippen LogP contribution < -0.4 is 4.74 Å². The van der Waals surface area contributed by atoms with E-state index in [1.807, 2.05) is 36.4 Å². The number of benzene rings is 2. The van der Waals surface area contributed by atoms with Gasteiger partial charge in [-0.1, -0.05) is 24.3 Å². The van der Waals surface area contributed by atoms with E-state index in [1.54, 1.807) is 12.0 Å². The van der Waals surface area contributed by atoms with Crippen molar-refractivity contribution in [2.75, 3.05) is 20.2 Å². The maximum Gasteiger partial charge on any atom is 0.308 e. The number of carbonyl (C=O) groups is 2. The maximum atomic E-state index is 12.6. The normalized spacial score (nSPS) is 17.7. The van der Waals surface area contributed by atoms with Crippen molar-refractivity contribution in [1.82, 2.24) is 4.90 Å². The number of amides is 1. The maximum absolute atomic E-state index is 12.6. The van der Waals surface area contributed by atoms with Crippen LogP contribution in [0.2, 0.25) is 0 Å². The van der Waals surface area contributed by atoms with Crippen LogP contribution in [0.25, 0.3) is 10.8 Å². The van der Waals surface area contributed by atoms with Gasteiger partial charge in [0.1, 0.15) is 5.75 Å². The minimum Gasteiger partial charge on any atom is -0.497 e. The lowest BCUT2D eigenvalue weighted by Crippen LogP contribution is -2.43. The quantitative estimate of drug-likeness (QED) is 0.937. The van der Waals surface area contributed by atoms with Crippen molar-refractivity contribution in [3.63, 3.8) is 0 Å². The molecular weight excluding hydrogens is 306 g/mol. The minimum absolute atomic E-state index is 0.0173. The van der Waals surface area contributed by atoms with Crippen LogP contribution in [0.4, 0.5) is 0 Å². The van der Waals surface area contributed by atoms with Crippen LogP contribution in [0.15, 0.2) is 36.4 Å². The molecule has 1 unspecified atom stereocenters. The number of hydrogen-bond donors (Lipinski definition) is 1. The molecule has 3 rings (SSSR count). The standard InChI is InChI=1S/C19H21NO4/c1-24-16-8-7-13-4-2-5-14(17(13)11-16)10-18(21)20-9-3-6-15(12-20)19(22)23/h2,4-5,7-8,11,15H,3,6,9-10,12H2,1H3,(H,22,23). The number of rotatable bonds is 4. The molecule has 0 radical (unpaired) electrons. The Kier molecular flexibility index (Phi) is 4.69. The fourth-order valence-electron chi connectivity index (χ4n) is 3.28. The minimum atomic E-state index is -0.817. The smallest absolute Gasteiger partial charge is 0.308 e. The first kappa shape index (κ1) is 16.3. The Morgan fingerprint density at radius 3 is 2.88 bits per heavy atom. The highest BCUT2D eigenvalue weighted by Gasteiger charge is 2.28. The van der Waals surface area contributed by atoms with Gasteiger partial charge in [-0.25, -0.2) is 0 Å². The summed E-state index contributed by atoms with van der Waals surface area (Å²) in [4.78, 5) is 25.5. The second-order valence-electron chi connectivity index (χ2n) is 6.20. The number of piperidine rings is 1. The Morgan fingerprint density at radius 2 is 2.12 bits per heavy atom. The molecule has 0 spiro atoms. The van der Waals surface area contributed by atoms with Crippen LogP contribution in [-0.2, 0) is 16.0 Å². The van der Waals surface area contributed by atoms with Crippen molar-refractivity contribution in [2.45, 2.75) is 19.3 Å². The van der Waals surface area contributed by atoms with Crippen LogP contribution in [-0.4, -0.2) is 42.1 Å². The van der Waals surface area contributed by atoms with Crippen molar-refractivity contribution in [3.8, 4) is 5.75 Å². The van der Waals surface area contributed by atoms with Crippen LogP contribution in [0.3, 0.4) is 0 Å². The summed E-state index contributed by atoms with van der Waals surface area (Å²) in [5.41, 5.74) is 0.939. The number of hydrogen-bond acceptors (Lipinski definition) is 3. The fraction of sp³-hybridized carbons (Fsp3) is 0.368. The monoisotopic (exact) mass is 327 g/mol. The Hall–Kier alpha value is -2.56. The molecule has 2 aromatic carbocycles. The Bertz CT molecular complexity index is 771. The molecule has 5 nitrogen and oxygen atoms in total. The molecule has 1 amide bonds. The van der Waals surface area contributed by atoms with E-state index in [9.17, 15) is 14.7 Å². The number of carboxylic acid groups (broad SMARTS) is 1. The van der Waals surface area contributed by atoms with Gasteiger partial charge in [0, 0.05) is 13.1 Å². The summed E-state index contributed by atoms with van der Waals surface area (Å²) in [5.74, 6) is -0.528. The molecule has 1 aliphatic rings. The van der Waals surface area contributed by atoms with E-state index in [1.165, 1.54) is 0 Å². The van der Waals surface area contributed by atoms with E-state index >= 15 is 0 Å². The lowest BCUT2D eigenvalue weighted by molar-refractivity contribution is -0.145. The Balaban J connectivity index is 1.81. The summed E-state index contributed by atoms with van der Waals surface area (Å²) in [6, 6.07) is 11.7. The van der Waals surface area contributed by atoms with Crippen LogP contribution in [0.5, 0.6) is 5.75 Å².